The van der Waals surface area contributed by atoms with Crippen LogP contribution >= 0.6 is 15.9 Å². The fourth-order valence-corrected chi connectivity index (χ4v) is 2.24. The molecule has 1 atom stereocenters. The molecule has 0 aliphatic carbocycles. The summed E-state index contributed by atoms with van der Waals surface area (Å²) in [6.45, 7) is 6.75. The number of benzene rings is 1. The lowest BCUT2D eigenvalue weighted by Crippen LogP contribution is -2.89. The lowest BCUT2D eigenvalue weighted by Gasteiger charge is -2.15. The minimum Gasteiger partial charge on any atom is -0.459 e. The minimum atomic E-state index is -0.469. The van der Waals surface area contributed by atoms with Gasteiger partial charge in [0, 0.05) is 0 Å². The van der Waals surface area contributed by atoms with Crippen molar-refractivity contribution in [3.8, 4) is 0 Å². The molecule has 4 nitrogen and oxygen atoms in total. The molecule has 21 heavy (non-hydrogen) atoms. The molecule has 5 heteroatoms. The van der Waals surface area contributed by atoms with Gasteiger partial charge in [-0.1, -0.05) is 67.0 Å². The lowest BCUT2D eigenvalue weighted by molar-refractivity contribution is -0.571. The Hall–Kier alpha value is -1.20. The topological polar surface area (TPSA) is 60.0 Å². The Morgan fingerprint density at radius 3 is 2.43 bits per heavy atom. The van der Waals surface area contributed by atoms with Gasteiger partial charge in [-0.15, -0.1) is 0 Å². The van der Waals surface area contributed by atoms with Crippen molar-refractivity contribution in [3.05, 3.63) is 35.9 Å². The summed E-state index contributed by atoms with van der Waals surface area (Å²) in [5.74, 6) is -0.241. The molecule has 1 aromatic carbocycles. The summed E-state index contributed by atoms with van der Waals surface area (Å²) in [5.41, 5.74) is 0.841. The van der Waals surface area contributed by atoms with E-state index < -0.39 is 4.83 Å². The smallest absolute Gasteiger partial charge is 0.324 e. The van der Waals surface area contributed by atoms with E-state index in [-0.39, 0.29) is 23.9 Å². The van der Waals surface area contributed by atoms with Crippen molar-refractivity contribution in [2.45, 2.75) is 32.0 Å². The molecule has 1 aromatic rings. The molecule has 0 bridgehead atoms. The van der Waals surface area contributed by atoms with E-state index in [1.54, 1.807) is 5.32 Å². The lowest BCUT2D eigenvalue weighted by atomic mass is 9.92. The maximum absolute atomic E-state index is 11.8. The number of carbonyl (C=O) groups is 2. The number of hydrogen-bond donors (Lipinski definition) is 1. The van der Waals surface area contributed by atoms with Crippen LogP contribution in [0.1, 0.15) is 37.6 Å². The first-order valence-corrected chi connectivity index (χ1v) is 7.93. The number of ether oxygens (including phenoxy) is 1. The zero-order valence-electron chi connectivity index (χ0n) is 12.8. The molecule has 0 saturated heterocycles. The van der Waals surface area contributed by atoms with Crippen LogP contribution in [0.4, 0.5) is 0 Å². The zero-order chi connectivity index (χ0) is 15.9. The van der Waals surface area contributed by atoms with E-state index in [9.17, 15) is 9.59 Å². The summed E-state index contributed by atoms with van der Waals surface area (Å²) in [6.07, 6.45) is 0.506. The number of esters is 1. The molecule has 2 N–H and O–H groups in total. The molecule has 0 saturated carbocycles. The Bertz CT molecular complexity index is 468. The highest BCUT2D eigenvalue weighted by atomic mass is 79.9. The Kier molecular flexibility index (Phi) is 7.05. The van der Waals surface area contributed by atoms with Crippen LogP contribution in [-0.2, 0) is 14.3 Å². The molecule has 0 heterocycles. The van der Waals surface area contributed by atoms with Crippen LogP contribution in [0.25, 0.3) is 0 Å². The summed E-state index contributed by atoms with van der Waals surface area (Å²) in [4.78, 5) is 23.0. The van der Waals surface area contributed by atoms with E-state index in [0.29, 0.717) is 13.0 Å². The van der Waals surface area contributed by atoms with Crippen LogP contribution in [0, 0.1) is 5.41 Å². The third kappa shape index (κ3) is 7.39. The number of quaternary nitrogens is 1. The molecule has 0 aromatic heterocycles. The second-order valence-electron chi connectivity index (χ2n) is 6.14. The van der Waals surface area contributed by atoms with Gasteiger partial charge in [0.15, 0.2) is 0 Å². The van der Waals surface area contributed by atoms with Gasteiger partial charge < -0.3 is 4.74 Å². The summed E-state index contributed by atoms with van der Waals surface area (Å²) in [7, 11) is 0. The van der Waals surface area contributed by atoms with Gasteiger partial charge in [-0.25, -0.2) is 4.79 Å². The normalized spacial score (nSPS) is 12.8. The molecular formula is C16H23BrNO3+. The third-order valence-corrected chi connectivity index (χ3v) is 3.64. The Morgan fingerprint density at radius 1 is 1.24 bits per heavy atom. The fourth-order valence-electron chi connectivity index (χ4n) is 1.81. The maximum atomic E-state index is 11.8. The zero-order valence-corrected chi connectivity index (χ0v) is 14.4. The van der Waals surface area contributed by atoms with Gasteiger partial charge >= 0.3 is 11.9 Å². The van der Waals surface area contributed by atoms with Crippen molar-refractivity contribution in [2.75, 3.05) is 13.2 Å². The van der Waals surface area contributed by atoms with E-state index in [2.05, 4.69) is 15.9 Å². The second-order valence-corrected chi connectivity index (χ2v) is 7.05. The summed E-state index contributed by atoms with van der Waals surface area (Å²) in [6, 6.07) is 9.36. The van der Waals surface area contributed by atoms with Crippen molar-refractivity contribution in [1.82, 2.24) is 0 Å². The molecule has 1 unspecified atom stereocenters. The second kappa shape index (κ2) is 8.29. The van der Waals surface area contributed by atoms with Crippen LogP contribution in [0.5, 0.6) is 0 Å². The number of rotatable bonds is 6. The van der Waals surface area contributed by atoms with E-state index >= 15 is 0 Å². The SMILES string of the molecule is CC(C)(C)CC(=O)[NH2+]CCOC(=O)C(Br)c1ccccc1. The third-order valence-electron chi connectivity index (χ3n) is 2.74. The number of nitrogens with two attached hydrogens (primary N) is 1. The number of alkyl halides is 1. The Morgan fingerprint density at radius 2 is 1.86 bits per heavy atom. The van der Waals surface area contributed by atoms with Crippen LogP contribution < -0.4 is 5.32 Å². The molecule has 0 aliphatic rings. The first-order valence-electron chi connectivity index (χ1n) is 7.01. The number of halogens is 1. The highest BCUT2D eigenvalue weighted by molar-refractivity contribution is 9.09. The average molecular weight is 357 g/mol. The quantitative estimate of drug-likeness (QED) is 0.482. The van der Waals surface area contributed by atoms with Crippen molar-refractivity contribution >= 4 is 27.8 Å². The van der Waals surface area contributed by atoms with Gasteiger partial charge in [0.1, 0.15) is 18.0 Å². The summed E-state index contributed by atoms with van der Waals surface area (Å²) in [5, 5.41) is 1.60. The maximum Gasteiger partial charge on any atom is 0.324 e. The molecule has 0 radical (unpaired) electrons. The average Bonchev–Trinajstić information content (AvgIpc) is 2.41. The summed E-state index contributed by atoms with van der Waals surface area (Å²) < 4.78 is 5.17. The van der Waals surface area contributed by atoms with Gasteiger partial charge in [-0.05, 0) is 11.0 Å². The van der Waals surface area contributed by atoms with Gasteiger partial charge in [-0.2, -0.15) is 0 Å². The van der Waals surface area contributed by atoms with E-state index in [1.165, 1.54) is 0 Å². The van der Waals surface area contributed by atoms with Crippen molar-refractivity contribution in [1.29, 1.82) is 0 Å². The van der Waals surface area contributed by atoms with Gasteiger partial charge in [0.25, 0.3) is 0 Å². The minimum absolute atomic E-state index is 0.0154. The first kappa shape index (κ1) is 17.9. The van der Waals surface area contributed by atoms with Crippen LogP contribution in [0.3, 0.4) is 0 Å². The first-order chi connectivity index (χ1) is 9.79. The molecule has 1 amide bonds. The van der Waals surface area contributed by atoms with Crippen LogP contribution in [0.2, 0.25) is 0 Å². The molecule has 0 fully saturated rings. The molecule has 0 aliphatic heterocycles. The van der Waals surface area contributed by atoms with E-state index in [4.69, 9.17) is 4.74 Å². The fraction of sp³-hybridized carbons (Fsp3) is 0.500. The molecule has 0 spiro atoms. The van der Waals surface area contributed by atoms with Crippen molar-refractivity contribution in [2.24, 2.45) is 5.41 Å². The van der Waals surface area contributed by atoms with Gasteiger partial charge in [0.05, 0.1) is 6.42 Å². The van der Waals surface area contributed by atoms with Crippen LogP contribution in [0.15, 0.2) is 30.3 Å². The van der Waals surface area contributed by atoms with Gasteiger partial charge in [0.2, 0.25) is 0 Å². The number of primary amides is 1. The van der Waals surface area contributed by atoms with E-state index in [0.717, 1.165) is 5.56 Å². The Balaban J connectivity index is 2.27. The predicted molar refractivity (Wildman–Crippen MR) is 84.9 cm³/mol. The highest BCUT2D eigenvalue weighted by Crippen LogP contribution is 2.23. The Labute approximate surface area is 134 Å². The molecular weight excluding hydrogens is 334 g/mol. The summed E-state index contributed by atoms with van der Waals surface area (Å²) >= 11 is 3.32. The largest absolute Gasteiger partial charge is 0.459 e. The number of amides is 1. The monoisotopic (exact) mass is 356 g/mol. The standard InChI is InChI=1S/C16H22BrNO3/c1-16(2,3)11-13(19)18-9-10-21-15(20)14(17)12-7-5-4-6-8-12/h4-8,14H,9-11H2,1-3H3,(H,18,19)/p+1. The van der Waals surface area contributed by atoms with E-state index in [1.807, 2.05) is 51.1 Å². The van der Waals surface area contributed by atoms with Crippen molar-refractivity contribution in [3.63, 3.8) is 0 Å². The number of hydrogen-bond acceptors (Lipinski definition) is 3. The van der Waals surface area contributed by atoms with Crippen LogP contribution in [-0.4, -0.2) is 25.0 Å². The van der Waals surface area contributed by atoms with Crippen molar-refractivity contribution < 1.29 is 19.6 Å². The number of carbonyl (C=O) groups excluding carboxylic acids is 2. The molecule has 1 rings (SSSR count). The van der Waals surface area contributed by atoms with Gasteiger partial charge in [-0.3, -0.25) is 10.1 Å². The predicted octanol–water partition coefficient (Wildman–Crippen LogP) is 2.19. The molecule has 116 valence electrons. The highest BCUT2D eigenvalue weighted by Gasteiger charge is 2.20.